The van der Waals surface area contributed by atoms with Crippen LogP contribution in [0.1, 0.15) is 16.8 Å². The van der Waals surface area contributed by atoms with Crippen LogP contribution in [0.2, 0.25) is 0 Å². The van der Waals surface area contributed by atoms with E-state index in [1.165, 1.54) is 19.2 Å². The third kappa shape index (κ3) is 5.58. The number of nitrogens with one attached hydrogen (secondary N) is 1. The molecule has 10 heteroatoms. The Morgan fingerprint density at radius 2 is 1.76 bits per heavy atom. The van der Waals surface area contributed by atoms with Crippen LogP contribution in [0.4, 0.5) is 18.9 Å². The quantitative estimate of drug-likeness (QED) is 0.563. The van der Waals surface area contributed by atoms with Gasteiger partial charge in [-0.25, -0.2) is 4.98 Å². The summed E-state index contributed by atoms with van der Waals surface area (Å²) in [6.45, 7) is 0.851. The molecular formula is C23H22F3N3O4. The molecule has 0 aliphatic heterocycles. The fourth-order valence-corrected chi connectivity index (χ4v) is 3.29. The molecular weight excluding hydrogens is 439 g/mol. The summed E-state index contributed by atoms with van der Waals surface area (Å²) in [7, 11) is 1.51. The van der Waals surface area contributed by atoms with E-state index in [1.807, 2.05) is 0 Å². The molecule has 7 nitrogen and oxygen atoms in total. The molecule has 0 saturated heterocycles. The van der Waals surface area contributed by atoms with Gasteiger partial charge in [-0.05, 0) is 43.3 Å². The highest BCUT2D eigenvalue weighted by Gasteiger charge is 2.30. The van der Waals surface area contributed by atoms with E-state index in [1.54, 1.807) is 31.2 Å². The average Bonchev–Trinajstić information content (AvgIpc) is 2.78. The molecule has 0 radical (unpaired) electrons. The number of aromatic nitrogens is 2. The number of benzene rings is 2. The second-order valence-corrected chi connectivity index (χ2v) is 7.22. The number of amides is 1. The highest BCUT2D eigenvalue weighted by molar-refractivity contribution is 5.90. The first kappa shape index (κ1) is 24.0. The van der Waals surface area contributed by atoms with Gasteiger partial charge in [-0.3, -0.25) is 14.2 Å². The van der Waals surface area contributed by atoms with Crippen molar-refractivity contribution in [2.75, 3.05) is 19.0 Å². The van der Waals surface area contributed by atoms with E-state index >= 15 is 0 Å². The van der Waals surface area contributed by atoms with Crippen LogP contribution in [0, 0.1) is 6.92 Å². The van der Waals surface area contributed by atoms with Crippen molar-refractivity contribution in [1.82, 2.24) is 9.55 Å². The first-order chi connectivity index (χ1) is 15.6. The van der Waals surface area contributed by atoms with E-state index < -0.39 is 29.8 Å². The maximum Gasteiger partial charge on any atom is 0.416 e. The minimum Gasteiger partial charge on any atom is -0.497 e. The van der Waals surface area contributed by atoms with Gasteiger partial charge in [0, 0.05) is 35.5 Å². The summed E-state index contributed by atoms with van der Waals surface area (Å²) in [5, 5.41) is 12.0. The van der Waals surface area contributed by atoms with E-state index in [0.717, 1.165) is 16.7 Å². The van der Waals surface area contributed by atoms with Crippen molar-refractivity contribution < 1.29 is 27.8 Å². The van der Waals surface area contributed by atoms with E-state index in [9.17, 15) is 27.9 Å². The van der Waals surface area contributed by atoms with Crippen molar-refractivity contribution in [2.45, 2.75) is 26.1 Å². The van der Waals surface area contributed by atoms with Crippen molar-refractivity contribution in [3.63, 3.8) is 0 Å². The molecule has 0 saturated carbocycles. The van der Waals surface area contributed by atoms with Gasteiger partial charge in [-0.1, -0.05) is 12.1 Å². The first-order valence-corrected chi connectivity index (χ1v) is 9.96. The van der Waals surface area contributed by atoms with Crippen LogP contribution in [0.3, 0.4) is 0 Å². The molecule has 1 heterocycles. The normalized spacial score (nSPS) is 11.3. The molecule has 1 aromatic heterocycles. The molecule has 0 fully saturated rings. The monoisotopic (exact) mass is 461 g/mol. The number of anilines is 1. The maximum atomic E-state index is 13.1. The van der Waals surface area contributed by atoms with Gasteiger partial charge in [0.15, 0.2) is 0 Å². The molecule has 174 valence electrons. The van der Waals surface area contributed by atoms with Crippen molar-refractivity contribution >= 4 is 11.6 Å². The van der Waals surface area contributed by atoms with E-state index in [2.05, 4.69) is 10.3 Å². The van der Waals surface area contributed by atoms with Gasteiger partial charge in [0.1, 0.15) is 18.1 Å². The van der Waals surface area contributed by atoms with Gasteiger partial charge in [0.25, 0.3) is 5.56 Å². The van der Waals surface area contributed by atoms with Crippen LogP contribution in [-0.4, -0.2) is 34.3 Å². The first-order valence-electron chi connectivity index (χ1n) is 9.96. The van der Waals surface area contributed by atoms with Crippen LogP contribution in [-0.2, 0) is 23.9 Å². The number of aliphatic hydroxyl groups is 1. The summed E-state index contributed by atoms with van der Waals surface area (Å²) < 4.78 is 45.0. The topological polar surface area (TPSA) is 93.4 Å². The van der Waals surface area contributed by atoms with E-state index in [0.29, 0.717) is 17.1 Å². The molecule has 33 heavy (non-hydrogen) atoms. The van der Waals surface area contributed by atoms with Gasteiger partial charge in [-0.15, -0.1) is 0 Å². The van der Waals surface area contributed by atoms with Crippen molar-refractivity contribution in [1.29, 1.82) is 0 Å². The zero-order valence-corrected chi connectivity index (χ0v) is 17.9. The number of nitrogens with zero attached hydrogens (tertiary/aromatic N) is 2. The Morgan fingerprint density at radius 3 is 2.30 bits per heavy atom. The third-order valence-electron chi connectivity index (χ3n) is 4.98. The number of alkyl halides is 3. The van der Waals surface area contributed by atoms with Crippen LogP contribution >= 0.6 is 0 Å². The van der Waals surface area contributed by atoms with Gasteiger partial charge < -0.3 is 15.2 Å². The molecule has 0 bridgehead atoms. The van der Waals surface area contributed by atoms with Crippen molar-refractivity contribution in [3.8, 4) is 17.1 Å². The predicted octanol–water partition coefficient (Wildman–Crippen LogP) is 3.42. The fourth-order valence-electron chi connectivity index (χ4n) is 3.29. The SMILES string of the molecule is COc1ccc(NC(=O)Cn2c(-c3ccc(C(F)(F)F)cc3)nc(C)c(CCO)c2=O)cc1. The Balaban J connectivity index is 1.99. The summed E-state index contributed by atoms with van der Waals surface area (Å²) in [6.07, 6.45) is -4.48. The van der Waals surface area contributed by atoms with Gasteiger partial charge in [-0.2, -0.15) is 13.2 Å². The number of hydrogen-bond acceptors (Lipinski definition) is 5. The molecule has 0 spiro atoms. The molecule has 0 aliphatic carbocycles. The number of methoxy groups -OCH3 is 1. The molecule has 3 aromatic rings. The molecule has 0 unspecified atom stereocenters. The maximum absolute atomic E-state index is 13.1. The Bertz CT molecular complexity index is 1190. The Morgan fingerprint density at radius 1 is 1.12 bits per heavy atom. The number of halogens is 3. The predicted molar refractivity (Wildman–Crippen MR) is 116 cm³/mol. The highest BCUT2D eigenvalue weighted by Crippen LogP contribution is 2.30. The second kappa shape index (κ2) is 9.86. The Kier molecular flexibility index (Phi) is 7.17. The molecule has 1 amide bonds. The summed E-state index contributed by atoms with van der Waals surface area (Å²) in [4.78, 5) is 30.2. The fraction of sp³-hybridized carbons (Fsp3) is 0.261. The standard InChI is InChI=1S/C23H22F3N3O4/c1-14-19(11-12-30)22(32)29(13-20(31)28-17-7-9-18(33-2)10-8-17)21(27-14)15-3-5-16(6-4-15)23(24,25)26/h3-10,30H,11-13H2,1-2H3,(H,28,31). The smallest absolute Gasteiger partial charge is 0.416 e. The van der Waals surface area contributed by atoms with Crippen LogP contribution in [0.25, 0.3) is 11.4 Å². The Labute approximate surface area is 187 Å². The number of hydrogen-bond donors (Lipinski definition) is 2. The van der Waals surface area contributed by atoms with E-state index in [4.69, 9.17) is 4.74 Å². The minimum atomic E-state index is -4.51. The zero-order chi connectivity index (χ0) is 24.2. The largest absolute Gasteiger partial charge is 0.497 e. The lowest BCUT2D eigenvalue weighted by Gasteiger charge is -2.16. The average molecular weight is 461 g/mol. The number of ether oxygens (including phenoxy) is 1. The van der Waals surface area contributed by atoms with E-state index in [-0.39, 0.29) is 30.0 Å². The highest BCUT2D eigenvalue weighted by atomic mass is 19.4. The lowest BCUT2D eigenvalue weighted by atomic mass is 10.1. The van der Waals surface area contributed by atoms with Crippen LogP contribution < -0.4 is 15.6 Å². The molecule has 0 atom stereocenters. The number of carbonyl (C=O) groups excluding carboxylic acids is 1. The molecule has 3 rings (SSSR count). The lowest BCUT2D eigenvalue weighted by Crippen LogP contribution is -2.33. The van der Waals surface area contributed by atoms with Crippen LogP contribution in [0.5, 0.6) is 5.75 Å². The zero-order valence-electron chi connectivity index (χ0n) is 17.9. The van der Waals surface area contributed by atoms with Crippen LogP contribution in [0.15, 0.2) is 53.3 Å². The number of carbonyl (C=O) groups is 1. The lowest BCUT2D eigenvalue weighted by molar-refractivity contribution is -0.137. The summed E-state index contributed by atoms with van der Waals surface area (Å²) in [5.41, 5.74) is -0.111. The Hall–Kier alpha value is -3.66. The van der Waals surface area contributed by atoms with Gasteiger partial charge in [0.05, 0.1) is 12.7 Å². The number of aryl methyl sites for hydroxylation is 1. The third-order valence-corrected chi connectivity index (χ3v) is 4.98. The van der Waals surface area contributed by atoms with Gasteiger partial charge >= 0.3 is 6.18 Å². The summed E-state index contributed by atoms with van der Waals surface area (Å²) in [6, 6.07) is 10.7. The van der Waals surface area contributed by atoms with Gasteiger partial charge in [0.2, 0.25) is 5.91 Å². The summed E-state index contributed by atoms with van der Waals surface area (Å²) in [5.74, 6) is 0.124. The number of aliphatic hydroxyl groups excluding tert-OH is 1. The van der Waals surface area contributed by atoms with Crippen molar-refractivity contribution in [2.24, 2.45) is 0 Å². The molecule has 2 N–H and O–H groups in total. The minimum absolute atomic E-state index is 0.0328. The molecule has 2 aromatic carbocycles. The molecule has 0 aliphatic rings. The second-order valence-electron chi connectivity index (χ2n) is 7.22. The van der Waals surface area contributed by atoms with Crippen molar-refractivity contribution in [3.05, 3.63) is 75.7 Å². The summed E-state index contributed by atoms with van der Waals surface area (Å²) >= 11 is 0. The number of rotatable bonds is 7.